The molecule has 40 heavy (non-hydrogen) atoms. The number of aromatic amines is 1. The number of pyridine rings is 1. The number of hydrogen-bond donors (Lipinski definition) is 4. The fourth-order valence-corrected chi connectivity index (χ4v) is 5.63. The fraction of sp³-hybridized carbons (Fsp3) is 0.423. The maximum absolute atomic E-state index is 12.2. The highest BCUT2D eigenvalue weighted by atomic mass is 32.2. The van der Waals surface area contributed by atoms with E-state index in [1.807, 2.05) is 18.3 Å². The molecule has 0 aliphatic carbocycles. The molecule has 1 saturated heterocycles. The van der Waals surface area contributed by atoms with Crippen LogP contribution >= 0.6 is 0 Å². The third-order valence-corrected chi connectivity index (χ3v) is 8.52. The molecule has 0 atom stereocenters. The van der Waals surface area contributed by atoms with Crippen LogP contribution in [0.4, 0.5) is 19.0 Å². The van der Waals surface area contributed by atoms with Gasteiger partial charge in [0.1, 0.15) is 5.82 Å². The van der Waals surface area contributed by atoms with Crippen LogP contribution in [0.15, 0.2) is 36.7 Å². The zero-order valence-corrected chi connectivity index (χ0v) is 22.9. The topological polar surface area (TPSA) is 158 Å². The molecule has 3 heterocycles. The summed E-state index contributed by atoms with van der Waals surface area (Å²) in [6.07, 6.45) is 1.14. The summed E-state index contributed by atoms with van der Waals surface area (Å²) in [6, 6.07) is 7.79. The number of carboxylic acid groups (broad SMARTS) is 1. The van der Waals surface area contributed by atoms with E-state index >= 15 is 0 Å². The van der Waals surface area contributed by atoms with Gasteiger partial charge in [0, 0.05) is 43.0 Å². The van der Waals surface area contributed by atoms with Crippen molar-refractivity contribution in [1.29, 1.82) is 0 Å². The first kappa shape index (κ1) is 30.9. The second kappa shape index (κ2) is 12.7. The minimum atomic E-state index is -5.08. The number of benzene rings is 1. The Morgan fingerprint density at radius 2 is 1.82 bits per heavy atom. The number of fused-ring (bicyclic) bond motifs is 1. The van der Waals surface area contributed by atoms with E-state index < -0.39 is 28.1 Å². The van der Waals surface area contributed by atoms with Crippen molar-refractivity contribution in [3.8, 4) is 11.1 Å². The number of alkyl halides is 3. The van der Waals surface area contributed by atoms with E-state index in [0.29, 0.717) is 18.7 Å². The Hall–Kier alpha value is -3.65. The summed E-state index contributed by atoms with van der Waals surface area (Å²) in [5.74, 6) is -2.11. The first-order chi connectivity index (χ1) is 18.8. The van der Waals surface area contributed by atoms with Crippen molar-refractivity contribution in [2.45, 2.75) is 45.2 Å². The number of nitrogens with one attached hydrogen (secondary N) is 2. The molecular weight excluding hydrogens is 551 g/mol. The summed E-state index contributed by atoms with van der Waals surface area (Å²) < 4.78 is 57.8. The van der Waals surface area contributed by atoms with Gasteiger partial charge in [0.25, 0.3) is 5.91 Å². The lowest BCUT2D eigenvalue weighted by Gasteiger charge is -2.31. The second-order valence-corrected chi connectivity index (χ2v) is 11.5. The van der Waals surface area contributed by atoms with Crippen LogP contribution in [-0.2, 0) is 14.8 Å². The molecule has 0 bridgehead atoms. The van der Waals surface area contributed by atoms with Gasteiger partial charge >= 0.3 is 12.1 Å². The second-order valence-electron chi connectivity index (χ2n) is 9.29. The van der Waals surface area contributed by atoms with Gasteiger partial charge in [0.2, 0.25) is 10.0 Å². The molecule has 1 amide bonds. The Balaban J connectivity index is 0.000000559. The monoisotopic (exact) mass is 583 g/mol. The summed E-state index contributed by atoms with van der Waals surface area (Å²) in [6.45, 7) is 5.64. The standard InChI is InChI=1S/C24H31N5O3S.C2HF3O2/c1-3-9-26-22-6-5-17(14-27-22)18-12-19-21(15-28-23(19)20(13-18)24(25)30)16-7-10-29(11-8-16)33(31,32)4-2;3-2(4,5)1(6)7/h5-6,12-16,28H,3-4,7-11H2,1-2H3,(H2,25,30)(H,26,27);(H,6,7). The van der Waals surface area contributed by atoms with Gasteiger partial charge in [-0.2, -0.15) is 13.2 Å². The van der Waals surface area contributed by atoms with Crippen molar-refractivity contribution in [3.05, 3.63) is 47.8 Å². The number of rotatable bonds is 8. The van der Waals surface area contributed by atoms with Crippen molar-refractivity contribution in [3.63, 3.8) is 0 Å². The van der Waals surface area contributed by atoms with Crippen LogP contribution in [-0.4, -0.2) is 71.2 Å². The van der Waals surface area contributed by atoms with Gasteiger partial charge in [-0.15, -0.1) is 0 Å². The van der Waals surface area contributed by atoms with Crippen LogP contribution in [0.1, 0.15) is 54.9 Å². The predicted octanol–water partition coefficient (Wildman–Crippen LogP) is 4.31. The highest BCUT2D eigenvalue weighted by Crippen LogP contribution is 2.37. The summed E-state index contributed by atoms with van der Waals surface area (Å²) >= 11 is 0. The van der Waals surface area contributed by atoms with E-state index in [9.17, 15) is 26.4 Å². The lowest BCUT2D eigenvalue weighted by Crippen LogP contribution is -2.38. The number of primary amides is 1. The Kier molecular flexibility index (Phi) is 9.79. The highest BCUT2D eigenvalue weighted by Gasteiger charge is 2.38. The highest BCUT2D eigenvalue weighted by molar-refractivity contribution is 7.89. The van der Waals surface area contributed by atoms with Gasteiger partial charge in [0.15, 0.2) is 0 Å². The lowest BCUT2D eigenvalue weighted by molar-refractivity contribution is -0.192. The molecule has 10 nitrogen and oxygen atoms in total. The minimum Gasteiger partial charge on any atom is -0.475 e. The molecule has 218 valence electrons. The number of amides is 1. The molecule has 1 fully saturated rings. The maximum atomic E-state index is 12.2. The van der Waals surface area contributed by atoms with Crippen molar-refractivity contribution < 1.29 is 36.3 Å². The molecule has 1 aliphatic rings. The smallest absolute Gasteiger partial charge is 0.475 e. The van der Waals surface area contributed by atoms with Crippen molar-refractivity contribution >= 4 is 38.6 Å². The first-order valence-electron chi connectivity index (χ1n) is 12.7. The average Bonchev–Trinajstić information content (AvgIpc) is 3.35. The van der Waals surface area contributed by atoms with E-state index in [1.165, 1.54) is 0 Å². The van der Waals surface area contributed by atoms with Crippen LogP contribution < -0.4 is 11.1 Å². The number of sulfonamides is 1. The zero-order chi connectivity index (χ0) is 29.7. The molecule has 0 radical (unpaired) electrons. The van der Waals surface area contributed by atoms with E-state index in [2.05, 4.69) is 28.3 Å². The quantitative estimate of drug-likeness (QED) is 0.308. The molecule has 0 spiro atoms. The van der Waals surface area contributed by atoms with Crippen molar-refractivity contribution in [2.24, 2.45) is 5.73 Å². The lowest BCUT2D eigenvalue weighted by atomic mass is 9.88. The third-order valence-electron chi connectivity index (χ3n) is 6.63. The SMILES string of the molecule is CCCNc1ccc(-c2cc(C(N)=O)c3[nH]cc(C4CCN(S(=O)(=O)CC)CC4)c3c2)cn1.O=C(O)C(F)(F)F. The number of nitrogens with zero attached hydrogens (tertiary/aromatic N) is 2. The maximum Gasteiger partial charge on any atom is 0.490 e. The van der Waals surface area contributed by atoms with Crippen LogP contribution in [0.25, 0.3) is 22.0 Å². The Bertz CT molecular complexity index is 1450. The third kappa shape index (κ3) is 7.30. The molecule has 4 rings (SSSR count). The zero-order valence-electron chi connectivity index (χ0n) is 22.1. The Labute approximate surface area is 229 Å². The predicted molar refractivity (Wildman–Crippen MR) is 146 cm³/mol. The number of H-pyrrole nitrogens is 1. The van der Waals surface area contributed by atoms with E-state index in [-0.39, 0.29) is 11.7 Å². The molecular formula is C26H32F3N5O5S. The van der Waals surface area contributed by atoms with Crippen LogP contribution in [0.5, 0.6) is 0 Å². The number of nitrogens with two attached hydrogens (primary N) is 1. The minimum absolute atomic E-state index is 0.122. The van der Waals surface area contributed by atoms with Crippen LogP contribution in [0.2, 0.25) is 0 Å². The summed E-state index contributed by atoms with van der Waals surface area (Å²) in [5, 5.41) is 11.3. The van der Waals surface area contributed by atoms with Gasteiger partial charge in [-0.1, -0.05) is 6.92 Å². The number of carbonyl (C=O) groups is 2. The van der Waals surface area contributed by atoms with Gasteiger partial charge in [-0.25, -0.2) is 22.5 Å². The largest absolute Gasteiger partial charge is 0.490 e. The summed E-state index contributed by atoms with van der Waals surface area (Å²) in [4.78, 5) is 28.9. The number of piperidine rings is 1. The number of aromatic nitrogens is 2. The number of aliphatic carboxylic acids is 1. The van der Waals surface area contributed by atoms with Gasteiger partial charge in [0.05, 0.1) is 16.8 Å². The van der Waals surface area contributed by atoms with Gasteiger partial charge < -0.3 is 21.1 Å². The summed E-state index contributed by atoms with van der Waals surface area (Å²) in [5.41, 5.74) is 9.74. The van der Waals surface area contributed by atoms with E-state index in [1.54, 1.807) is 23.5 Å². The molecule has 5 N–H and O–H groups in total. The molecule has 0 unspecified atom stereocenters. The summed E-state index contributed by atoms with van der Waals surface area (Å²) in [7, 11) is -3.17. The number of carbonyl (C=O) groups excluding carboxylic acids is 1. The Morgan fingerprint density at radius 1 is 1.18 bits per heavy atom. The normalized spacial score (nSPS) is 14.9. The van der Waals surface area contributed by atoms with Gasteiger partial charge in [-0.05, 0) is 67.5 Å². The van der Waals surface area contributed by atoms with Gasteiger partial charge in [-0.3, -0.25) is 4.79 Å². The van der Waals surface area contributed by atoms with Crippen LogP contribution in [0.3, 0.4) is 0 Å². The molecule has 1 aromatic carbocycles. The number of anilines is 1. The van der Waals surface area contributed by atoms with E-state index in [4.69, 9.17) is 15.6 Å². The number of halogens is 3. The van der Waals surface area contributed by atoms with Crippen molar-refractivity contribution in [2.75, 3.05) is 30.7 Å². The molecule has 14 heteroatoms. The van der Waals surface area contributed by atoms with Crippen LogP contribution in [0, 0.1) is 0 Å². The molecule has 2 aromatic heterocycles. The number of carboxylic acids is 1. The van der Waals surface area contributed by atoms with Crippen molar-refractivity contribution in [1.82, 2.24) is 14.3 Å². The van der Waals surface area contributed by atoms with E-state index in [0.717, 1.165) is 59.2 Å². The molecule has 3 aromatic rings. The average molecular weight is 584 g/mol. The molecule has 0 saturated carbocycles. The Morgan fingerprint density at radius 3 is 2.33 bits per heavy atom. The number of hydrogen-bond acceptors (Lipinski definition) is 6. The first-order valence-corrected chi connectivity index (χ1v) is 14.3. The molecule has 1 aliphatic heterocycles. The fourth-order valence-electron chi connectivity index (χ4n) is 4.50.